The van der Waals surface area contributed by atoms with Gasteiger partial charge in [-0.1, -0.05) is 22.9 Å². The second-order valence-electron chi connectivity index (χ2n) is 9.12. The first kappa shape index (κ1) is 31.6. The molecule has 5 atom stereocenters. The van der Waals surface area contributed by atoms with E-state index in [4.69, 9.17) is 27.9 Å². The molecule has 41 heavy (non-hydrogen) atoms. The number of ether oxygens (including phenoxy) is 5. The number of aryl methyl sites for hydroxylation is 1. The molecule has 2 aromatic rings. The molecule has 3 rings (SSSR count). The number of hydrogen-bond donors (Lipinski definition) is 0. The Morgan fingerprint density at radius 2 is 1.46 bits per heavy atom. The van der Waals surface area contributed by atoms with Crippen LogP contribution in [0.5, 0.6) is 0 Å². The summed E-state index contributed by atoms with van der Waals surface area (Å²) in [5.74, 6) is -2.95. The monoisotopic (exact) mass is 597 g/mol. The molecule has 15 nitrogen and oxygen atoms in total. The zero-order chi connectivity index (χ0) is 30.3. The van der Waals surface area contributed by atoms with Crippen molar-refractivity contribution in [1.82, 2.24) is 15.0 Å². The summed E-state index contributed by atoms with van der Waals surface area (Å²) in [5.41, 5.74) is 1.18. The van der Waals surface area contributed by atoms with Gasteiger partial charge in [0.15, 0.2) is 24.5 Å². The lowest BCUT2D eigenvalue weighted by Gasteiger charge is -2.44. The van der Waals surface area contributed by atoms with Gasteiger partial charge in [-0.2, -0.15) is 8.42 Å². The third kappa shape index (κ3) is 8.80. The lowest BCUT2D eigenvalue weighted by Crippen LogP contribution is -2.60. The van der Waals surface area contributed by atoms with Crippen LogP contribution in [-0.2, 0) is 63.6 Å². The van der Waals surface area contributed by atoms with E-state index in [0.29, 0.717) is 0 Å². The predicted octanol–water partition coefficient (Wildman–Crippen LogP) is 0.790. The van der Waals surface area contributed by atoms with E-state index >= 15 is 0 Å². The molecule has 0 amide bonds. The lowest BCUT2D eigenvalue weighted by atomic mass is 9.97. The summed E-state index contributed by atoms with van der Waals surface area (Å²) < 4.78 is 58.4. The molecule has 1 aromatic heterocycles. The fraction of sp³-hybridized carbons (Fsp3) is 0.520. The molecule has 0 saturated carbocycles. The summed E-state index contributed by atoms with van der Waals surface area (Å²) >= 11 is 0. The summed E-state index contributed by atoms with van der Waals surface area (Å²) in [5, 5.41) is 8.00. The average molecular weight is 598 g/mol. The molecule has 2 heterocycles. The van der Waals surface area contributed by atoms with Gasteiger partial charge >= 0.3 is 23.9 Å². The highest BCUT2D eigenvalue weighted by Crippen LogP contribution is 2.34. The Hall–Kier alpha value is -3.89. The van der Waals surface area contributed by atoms with Gasteiger partial charge in [-0.05, 0) is 19.1 Å². The van der Waals surface area contributed by atoms with Crippen LogP contribution in [0.15, 0.2) is 35.4 Å². The second kappa shape index (κ2) is 13.6. The van der Waals surface area contributed by atoms with Gasteiger partial charge in [0.05, 0.1) is 23.4 Å². The summed E-state index contributed by atoms with van der Waals surface area (Å²) in [7, 11) is -4.01. The Bertz CT molecular complexity index is 1360. The van der Waals surface area contributed by atoms with Crippen molar-refractivity contribution in [2.75, 3.05) is 13.2 Å². The fourth-order valence-corrected chi connectivity index (χ4v) is 4.91. The first-order valence-electron chi connectivity index (χ1n) is 12.4. The zero-order valence-corrected chi connectivity index (χ0v) is 23.9. The molecule has 16 heteroatoms. The van der Waals surface area contributed by atoms with Crippen molar-refractivity contribution in [2.24, 2.45) is 0 Å². The normalized spacial score (nSPS) is 22.4. The first-order chi connectivity index (χ1) is 19.3. The van der Waals surface area contributed by atoms with Gasteiger partial charge in [-0.25, -0.2) is 4.68 Å². The Morgan fingerprint density at radius 1 is 0.878 bits per heavy atom. The van der Waals surface area contributed by atoms with Crippen LogP contribution in [-0.4, -0.2) is 84.9 Å². The summed E-state index contributed by atoms with van der Waals surface area (Å²) in [4.78, 5) is 47.4. The Balaban J connectivity index is 1.85. The molecular formula is C25H31N3O12S. The molecule has 0 aliphatic carbocycles. The Morgan fingerprint density at radius 3 is 2.05 bits per heavy atom. The standard InChI is InChI=1S/C25H31N3O12S/c1-14-6-8-20(9-7-14)41(33,34)36-11-10-19-12-28(27-26-19)25-24(39-18(5)32)23(38-17(4)31)22(37-16(3)30)21(40-25)13-35-15(2)29/h6-9,12,21-25H,10-11,13H2,1-5H3/t21-,22-,23+,24-,25-/m1/s1. The van der Waals surface area contributed by atoms with E-state index in [1.54, 1.807) is 12.1 Å². The quantitative estimate of drug-likeness (QED) is 0.201. The van der Waals surface area contributed by atoms with E-state index in [2.05, 4.69) is 10.3 Å². The van der Waals surface area contributed by atoms with E-state index in [1.165, 1.54) is 23.0 Å². The van der Waals surface area contributed by atoms with Gasteiger partial charge in [0.2, 0.25) is 0 Å². The second-order valence-corrected chi connectivity index (χ2v) is 10.7. The smallest absolute Gasteiger partial charge is 0.303 e. The van der Waals surface area contributed by atoms with Crippen LogP contribution in [0, 0.1) is 6.92 Å². The molecule has 1 aromatic carbocycles. The van der Waals surface area contributed by atoms with Crippen molar-refractivity contribution >= 4 is 34.0 Å². The van der Waals surface area contributed by atoms with Gasteiger partial charge in [0, 0.05) is 34.1 Å². The Labute approximate surface area is 236 Å². The minimum atomic E-state index is -4.01. The number of rotatable bonds is 11. The van der Waals surface area contributed by atoms with Crippen molar-refractivity contribution in [3.63, 3.8) is 0 Å². The highest BCUT2D eigenvalue weighted by atomic mass is 32.2. The van der Waals surface area contributed by atoms with Crippen molar-refractivity contribution in [3.8, 4) is 0 Å². The average Bonchev–Trinajstić information content (AvgIpc) is 3.33. The van der Waals surface area contributed by atoms with E-state index in [9.17, 15) is 27.6 Å². The van der Waals surface area contributed by atoms with Crippen LogP contribution in [0.2, 0.25) is 0 Å². The Kier molecular flexibility index (Phi) is 10.5. The SMILES string of the molecule is CC(=O)OC[C@H]1O[C@@H](n2cc(CCOS(=O)(=O)c3ccc(C)cc3)nn2)[C@H](OC(C)=O)[C@@H](OC(C)=O)[C@@H]1OC(C)=O. The molecule has 1 saturated heterocycles. The van der Waals surface area contributed by atoms with Crippen molar-refractivity contribution in [1.29, 1.82) is 0 Å². The maximum Gasteiger partial charge on any atom is 0.303 e. The van der Waals surface area contributed by atoms with Crippen molar-refractivity contribution < 1.29 is 55.5 Å². The van der Waals surface area contributed by atoms with E-state index in [-0.39, 0.29) is 23.6 Å². The number of aromatic nitrogens is 3. The molecular weight excluding hydrogens is 566 g/mol. The van der Waals surface area contributed by atoms with Crippen molar-refractivity contribution in [3.05, 3.63) is 41.7 Å². The van der Waals surface area contributed by atoms with E-state index in [0.717, 1.165) is 33.3 Å². The molecule has 0 bridgehead atoms. The summed E-state index contributed by atoms with van der Waals surface area (Å²) in [6, 6.07) is 6.17. The molecule has 1 fully saturated rings. The molecule has 0 spiro atoms. The molecule has 1 aliphatic rings. The van der Waals surface area contributed by atoms with Crippen LogP contribution >= 0.6 is 0 Å². The van der Waals surface area contributed by atoms with E-state index in [1.807, 2.05) is 6.92 Å². The van der Waals surface area contributed by atoms with Crippen LogP contribution in [0.1, 0.15) is 45.2 Å². The van der Waals surface area contributed by atoms with Gasteiger partial charge in [0.1, 0.15) is 12.7 Å². The third-order valence-electron chi connectivity index (χ3n) is 5.69. The number of carbonyl (C=O) groups excluding carboxylic acids is 4. The lowest BCUT2D eigenvalue weighted by molar-refractivity contribution is -0.270. The topological polar surface area (TPSA) is 189 Å². The minimum Gasteiger partial charge on any atom is -0.463 e. The van der Waals surface area contributed by atoms with Crippen LogP contribution in [0.4, 0.5) is 0 Å². The number of esters is 4. The minimum absolute atomic E-state index is 0.00394. The number of carbonyl (C=O) groups is 4. The highest BCUT2D eigenvalue weighted by molar-refractivity contribution is 7.86. The van der Waals surface area contributed by atoms with Gasteiger partial charge in [-0.15, -0.1) is 5.10 Å². The molecule has 0 N–H and O–H groups in total. The van der Waals surface area contributed by atoms with Crippen LogP contribution in [0.25, 0.3) is 0 Å². The molecule has 0 radical (unpaired) electrons. The first-order valence-corrected chi connectivity index (χ1v) is 13.8. The highest BCUT2D eigenvalue weighted by Gasteiger charge is 2.53. The fourth-order valence-electron chi connectivity index (χ4n) is 4.00. The maximum absolute atomic E-state index is 12.5. The van der Waals surface area contributed by atoms with Gasteiger partial charge < -0.3 is 23.7 Å². The van der Waals surface area contributed by atoms with Crippen molar-refractivity contribution in [2.45, 2.75) is 76.6 Å². The molecule has 0 unspecified atom stereocenters. The van der Waals surface area contributed by atoms with Crippen LogP contribution < -0.4 is 0 Å². The molecule has 1 aliphatic heterocycles. The number of nitrogens with zero attached hydrogens (tertiary/aromatic N) is 3. The number of benzene rings is 1. The van der Waals surface area contributed by atoms with Gasteiger partial charge in [-0.3, -0.25) is 23.4 Å². The zero-order valence-electron chi connectivity index (χ0n) is 23.0. The predicted molar refractivity (Wildman–Crippen MR) is 135 cm³/mol. The van der Waals surface area contributed by atoms with Gasteiger partial charge in [0.25, 0.3) is 10.1 Å². The van der Waals surface area contributed by atoms with Crippen LogP contribution in [0.3, 0.4) is 0 Å². The van der Waals surface area contributed by atoms with E-state index < -0.39 is 71.2 Å². The summed E-state index contributed by atoms with van der Waals surface area (Å²) in [6.45, 7) is 5.68. The maximum atomic E-state index is 12.5. The largest absolute Gasteiger partial charge is 0.463 e. The number of hydrogen-bond acceptors (Lipinski definition) is 14. The molecule has 224 valence electrons. The third-order valence-corrected chi connectivity index (χ3v) is 7.02. The summed E-state index contributed by atoms with van der Waals surface area (Å²) in [6.07, 6.45) is -5.11.